The van der Waals surface area contributed by atoms with Crippen molar-refractivity contribution < 1.29 is 21.6 Å². The maximum atomic E-state index is 12.5. The van der Waals surface area contributed by atoms with Gasteiger partial charge in [0.05, 0.1) is 17.0 Å². The van der Waals surface area contributed by atoms with Gasteiger partial charge in [-0.05, 0) is 48.5 Å². The van der Waals surface area contributed by atoms with Gasteiger partial charge in [0.1, 0.15) is 4.90 Å². The van der Waals surface area contributed by atoms with E-state index in [0.717, 1.165) is 0 Å². The van der Waals surface area contributed by atoms with Gasteiger partial charge in [-0.2, -0.15) is 0 Å². The highest BCUT2D eigenvalue weighted by Crippen LogP contribution is 2.27. The fourth-order valence-corrected chi connectivity index (χ4v) is 5.11. The summed E-state index contributed by atoms with van der Waals surface area (Å²) in [6.45, 7) is 0. The second-order valence-electron chi connectivity index (χ2n) is 5.77. The summed E-state index contributed by atoms with van der Waals surface area (Å²) >= 11 is 11.7. The first-order valence-electron chi connectivity index (χ1n) is 8.09. The number of aromatic nitrogens is 2. The average Bonchev–Trinajstić information content (AvgIpc) is 2.68. The first kappa shape index (κ1) is 22.1. The number of nitrogens with one attached hydrogen (secondary N) is 2. The van der Waals surface area contributed by atoms with Crippen molar-refractivity contribution in [2.24, 2.45) is 0 Å². The molecule has 0 saturated carbocycles. The van der Waals surface area contributed by atoms with E-state index in [1.807, 2.05) is 0 Å². The molecule has 9 nitrogen and oxygen atoms in total. The Kier molecular flexibility index (Phi) is 6.36. The van der Waals surface area contributed by atoms with Gasteiger partial charge in [0.2, 0.25) is 5.88 Å². The maximum Gasteiger partial charge on any atom is 0.263 e. The number of nitrogens with zero attached hydrogens (tertiary/aromatic N) is 2. The molecule has 0 radical (unpaired) electrons. The molecule has 0 aliphatic heterocycles. The number of halogens is 2. The molecule has 0 atom stereocenters. The van der Waals surface area contributed by atoms with E-state index in [1.165, 1.54) is 61.7 Å². The molecule has 2 aromatic carbocycles. The van der Waals surface area contributed by atoms with Crippen LogP contribution in [0.4, 0.5) is 11.5 Å². The lowest BCUT2D eigenvalue weighted by Crippen LogP contribution is -2.15. The Morgan fingerprint density at radius 1 is 0.833 bits per heavy atom. The summed E-state index contributed by atoms with van der Waals surface area (Å²) in [4.78, 5) is -0.266. The number of sulfonamides is 2. The van der Waals surface area contributed by atoms with Gasteiger partial charge in [-0.1, -0.05) is 23.2 Å². The van der Waals surface area contributed by atoms with Crippen molar-refractivity contribution in [2.75, 3.05) is 16.6 Å². The summed E-state index contributed by atoms with van der Waals surface area (Å²) in [7, 11) is -6.56. The van der Waals surface area contributed by atoms with Gasteiger partial charge < -0.3 is 4.74 Å². The first-order chi connectivity index (χ1) is 14.1. The SMILES string of the molecule is COc1ccc(NS(=O)(=O)c2ccc(NS(=O)(=O)c3ccc(Cl)cc3Cl)cc2)nn1. The number of anilines is 2. The van der Waals surface area contributed by atoms with Crippen molar-refractivity contribution in [3.63, 3.8) is 0 Å². The predicted octanol–water partition coefficient (Wildman–Crippen LogP) is 3.39. The summed E-state index contributed by atoms with van der Waals surface area (Å²) in [5.41, 5.74) is 0.143. The lowest BCUT2D eigenvalue weighted by Gasteiger charge is -2.11. The highest BCUT2D eigenvalue weighted by Gasteiger charge is 2.20. The molecule has 0 aliphatic carbocycles. The van der Waals surface area contributed by atoms with Crippen molar-refractivity contribution in [2.45, 2.75) is 9.79 Å². The molecular weight excluding hydrogens is 475 g/mol. The van der Waals surface area contributed by atoms with Crippen molar-refractivity contribution in [1.82, 2.24) is 10.2 Å². The Morgan fingerprint density at radius 2 is 1.53 bits per heavy atom. The zero-order valence-electron chi connectivity index (χ0n) is 15.2. The van der Waals surface area contributed by atoms with Crippen LogP contribution in [0.15, 0.2) is 64.4 Å². The molecule has 3 rings (SSSR count). The molecule has 1 heterocycles. The van der Waals surface area contributed by atoms with E-state index >= 15 is 0 Å². The molecule has 0 unspecified atom stereocenters. The molecule has 0 fully saturated rings. The van der Waals surface area contributed by atoms with Crippen LogP contribution in [0.2, 0.25) is 10.0 Å². The number of hydrogen-bond acceptors (Lipinski definition) is 7. The zero-order chi connectivity index (χ0) is 21.9. The topological polar surface area (TPSA) is 127 Å². The van der Waals surface area contributed by atoms with Crippen LogP contribution < -0.4 is 14.2 Å². The van der Waals surface area contributed by atoms with Crippen LogP contribution in [-0.4, -0.2) is 34.1 Å². The number of hydrogen-bond donors (Lipinski definition) is 2. The second kappa shape index (κ2) is 8.64. The number of rotatable bonds is 7. The van der Waals surface area contributed by atoms with Crippen LogP contribution in [0.5, 0.6) is 5.88 Å². The van der Waals surface area contributed by atoms with Gasteiger partial charge in [-0.15, -0.1) is 10.2 Å². The number of ether oxygens (including phenoxy) is 1. The standard InChI is InChI=1S/C17H14Cl2N4O5S2/c1-28-17-9-8-16(20-21-17)23-29(24,25)13-5-3-12(4-6-13)22-30(26,27)15-7-2-11(18)10-14(15)19/h2-10,22H,1H3,(H,20,23). The minimum Gasteiger partial charge on any atom is -0.480 e. The Labute approximate surface area is 183 Å². The van der Waals surface area contributed by atoms with Crippen LogP contribution in [0.25, 0.3) is 0 Å². The third kappa shape index (κ3) is 5.11. The van der Waals surface area contributed by atoms with E-state index in [2.05, 4.69) is 19.6 Å². The maximum absolute atomic E-state index is 12.5. The van der Waals surface area contributed by atoms with Crippen LogP contribution in [0.1, 0.15) is 0 Å². The lowest BCUT2D eigenvalue weighted by molar-refractivity contribution is 0.392. The summed E-state index contributed by atoms with van der Waals surface area (Å²) in [6.07, 6.45) is 0. The van der Waals surface area contributed by atoms with Crippen LogP contribution in [0.3, 0.4) is 0 Å². The summed E-state index contributed by atoms with van der Waals surface area (Å²) in [6, 6.07) is 11.9. The van der Waals surface area contributed by atoms with Gasteiger partial charge in [-0.25, -0.2) is 16.8 Å². The molecule has 0 amide bonds. The van der Waals surface area contributed by atoms with Gasteiger partial charge >= 0.3 is 0 Å². The highest BCUT2D eigenvalue weighted by atomic mass is 35.5. The van der Waals surface area contributed by atoms with E-state index in [9.17, 15) is 16.8 Å². The van der Waals surface area contributed by atoms with E-state index in [1.54, 1.807) is 0 Å². The molecule has 158 valence electrons. The zero-order valence-corrected chi connectivity index (χ0v) is 18.3. The molecule has 3 aromatic rings. The summed E-state index contributed by atoms with van der Waals surface area (Å²) in [5.74, 6) is 0.230. The van der Waals surface area contributed by atoms with E-state index < -0.39 is 20.0 Å². The largest absolute Gasteiger partial charge is 0.480 e. The van der Waals surface area contributed by atoms with E-state index in [0.29, 0.717) is 5.02 Å². The third-order valence-corrected chi connectivity index (χ3v) is 7.16. The monoisotopic (exact) mass is 488 g/mol. The minimum atomic E-state index is -4.00. The fourth-order valence-electron chi connectivity index (χ4n) is 2.29. The number of methoxy groups -OCH3 is 1. The van der Waals surface area contributed by atoms with Gasteiger partial charge in [-0.3, -0.25) is 9.44 Å². The molecule has 0 bridgehead atoms. The van der Waals surface area contributed by atoms with Gasteiger partial charge in [0.25, 0.3) is 20.0 Å². The minimum absolute atomic E-state index is 0.00189. The summed E-state index contributed by atoms with van der Waals surface area (Å²) < 4.78 is 59.4. The smallest absolute Gasteiger partial charge is 0.263 e. The molecule has 13 heteroatoms. The van der Waals surface area contributed by atoms with Gasteiger partial charge in [0, 0.05) is 16.8 Å². The Balaban J connectivity index is 1.78. The third-order valence-electron chi connectivity index (χ3n) is 3.69. The second-order valence-corrected chi connectivity index (χ2v) is 9.95. The van der Waals surface area contributed by atoms with Crippen molar-refractivity contribution in [3.05, 3.63) is 64.6 Å². The van der Waals surface area contributed by atoms with Crippen LogP contribution in [-0.2, 0) is 20.0 Å². The molecule has 0 spiro atoms. The van der Waals surface area contributed by atoms with E-state index in [4.69, 9.17) is 27.9 Å². The van der Waals surface area contributed by atoms with Crippen LogP contribution >= 0.6 is 23.2 Å². The molecule has 2 N–H and O–H groups in total. The molecule has 0 aliphatic rings. The Hall–Kier alpha value is -2.60. The molecule has 0 saturated heterocycles. The van der Waals surface area contributed by atoms with Crippen molar-refractivity contribution >= 4 is 54.8 Å². The molecular formula is C17H14Cl2N4O5S2. The average molecular weight is 489 g/mol. The lowest BCUT2D eigenvalue weighted by atomic mass is 10.3. The van der Waals surface area contributed by atoms with E-state index in [-0.39, 0.29) is 32.2 Å². The van der Waals surface area contributed by atoms with Gasteiger partial charge in [0.15, 0.2) is 5.82 Å². The Bertz CT molecular complexity index is 1270. The van der Waals surface area contributed by atoms with Crippen molar-refractivity contribution in [1.29, 1.82) is 0 Å². The molecule has 1 aromatic heterocycles. The first-order valence-corrected chi connectivity index (χ1v) is 11.8. The quantitative estimate of drug-likeness (QED) is 0.521. The molecule has 30 heavy (non-hydrogen) atoms. The normalized spacial score (nSPS) is 11.7. The van der Waals surface area contributed by atoms with Crippen LogP contribution in [0, 0.1) is 0 Å². The fraction of sp³-hybridized carbons (Fsp3) is 0.0588. The highest BCUT2D eigenvalue weighted by molar-refractivity contribution is 7.93. The Morgan fingerprint density at radius 3 is 2.10 bits per heavy atom. The number of benzene rings is 2. The predicted molar refractivity (Wildman–Crippen MR) is 113 cm³/mol. The van der Waals surface area contributed by atoms with Crippen molar-refractivity contribution in [3.8, 4) is 5.88 Å². The summed E-state index contributed by atoms with van der Waals surface area (Å²) in [5, 5.41) is 7.62.